The number of nitrogens with zero attached hydrogens (tertiary/aromatic N) is 1. The standard InChI is InChI=1S/C14H19NO4/c1-10-7-8-11(15(17)18)14(9-10)19-13-6-4-2-3-5-12(13)16/h7-9,12-13,16H,2-6H2,1H3. The highest BCUT2D eigenvalue weighted by atomic mass is 16.6. The van der Waals surface area contributed by atoms with Crippen molar-refractivity contribution in [1.29, 1.82) is 0 Å². The van der Waals surface area contributed by atoms with Crippen LogP contribution < -0.4 is 4.74 Å². The first kappa shape index (κ1) is 13.8. The number of rotatable bonds is 3. The van der Waals surface area contributed by atoms with Gasteiger partial charge in [0.2, 0.25) is 0 Å². The average molecular weight is 265 g/mol. The fourth-order valence-electron chi connectivity index (χ4n) is 2.42. The Morgan fingerprint density at radius 1 is 1.32 bits per heavy atom. The van der Waals surface area contributed by atoms with Crippen molar-refractivity contribution in [3.63, 3.8) is 0 Å². The Hall–Kier alpha value is -1.62. The maximum Gasteiger partial charge on any atom is 0.310 e. The second-order valence-corrected chi connectivity index (χ2v) is 5.09. The van der Waals surface area contributed by atoms with E-state index in [4.69, 9.17) is 4.74 Å². The lowest BCUT2D eigenvalue weighted by Crippen LogP contribution is -2.30. The van der Waals surface area contributed by atoms with Crippen molar-refractivity contribution >= 4 is 5.69 Å². The molecule has 2 unspecified atom stereocenters. The van der Waals surface area contributed by atoms with Gasteiger partial charge in [0.15, 0.2) is 5.75 Å². The molecule has 0 aromatic heterocycles. The molecule has 2 rings (SSSR count). The van der Waals surface area contributed by atoms with Gasteiger partial charge in [0.25, 0.3) is 0 Å². The third-order valence-electron chi connectivity index (χ3n) is 3.51. The van der Waals surface area contributed by atoms with Crippen molar-refractivity contribution in [2.24, 2.45) is 0 Å². The predicted octanol–water partition coefficient (Wildman–Crippen LogP) is 2.98. The summed E-state index contributed by atoms with van der Waals surface area (Å²) in [6, 6.07) is 4.80. The second-order valence-electron chi connectivity index (χ2n) is 5.09. The number of benzene rings is 1. The van der Waals surface area contributed by atoms with Gasteiger partial charge >= 0.3 is 5.69 Å². The highest BCUT2D eigenvalue weighted by Crippen LogP contribution is 2.31. The van der Waals surface area contributed by atoms with E-state index in [1.54, 1.807) is 12.1 Å². The van der Waals surface area contributed by atoms with Crippen LogP contribution in [0, 0.1) is 17.0 Å². The van der Waals surface area contributed by atoms with Gasteiger partial charge in [0, 0.05) is 6.07 Å². The fraction of sp³-hybridized carbons (Fsp3) is 0.571. The third-order valence-corrected chi connectivity index (χ3v) is 3.51. The molecule has 1 N–H and O–H groups in total. The van der Waals surface area contributed by atoms with Crippen molar-refractivity contribution in [2.45, 2.75) is 51.2 Å². The molecule has 0 aliphatic heterocycles. The number of aryl methyl sites for hydroxylation is 1. The lowest BCUT2D eigenvalue weighted by atomic mass is 10.1. The summed E-state index contributed by atoms with van der Waals surface area (Å²) in [4.78, 5) is 10.5. The summed E-state index contributed by atoms with van der Waals surface area (Å²) in [6.45, 7) is 1.86. The SMILES string of the molecule is Cc1ccc([N+](=O)[O-])c(OC2CCCCCC2O)c1. The van der Waals surface area contributed by atoms with Crippen molar-refractivity contribution in [3.8, 4) is 5.75 Å². The van der Waals surface area contributed by atoms with Gasteiger partial charge in [-0.15, -0.1) is 0 Å². The van der Waals surface area contributed by atoms with E-state index >= 15 is 0 Å². The summed E-state index contributed by atoms with van der Waals surface area (Å²) in [5.41, 5.74) is 0.866. The molecule has 1 saturated carbocycles. The number of nitro groups is 1. The molecule has 0 bridgehead atoms. The Bertz CT molecular complexity index is 461. The molecule has 0 spiro atoms. The molecule has 1 aromatic rings. The van der Waals surface area contributed by atoms with Gasteiger partial charge in [-0.05, 0) is 37.8 Å². The Morgan fingerprint density at radius 2 is 2.05 bits per heavy atom. The van der Waals surface area contributed by atoms with Gasteiger partial charge in [0.1, 0.15) is 6.10 Å². The van der Waals surface area contributed by atoms with E-state index in [1.807, 2.05) is 6.92 Å². The number of aliphatic hydroxyl groups is 1. The Balaban J connectivity index is 2.21. The summed E-state index contributed by atoms with van der Waals surface area (Å²) < 4.78 is 5.73. The molecule has 2 atom stereocenters. The zero-order valence-corrected chi connectivity index (χ0v) is 11.0. The second kappa shape index (κ2) is 6.02. The molecule has 5 nitrogen and oxygen atoms in total. The molecule has 104 valence electrons. The van der Waals surface area contributed by atoms with E-state index in [0.717, 1.165) is 31.2 Å². The molecule has 0 radical (unpaired) electrons. The number of hydrogen-bond acceptors (Lipinski definition) is 4. The summed E-state index contributed by atoms with van der Waals surface area (Å²) >= 11 is 0. The lowest BCUT2D eigenvalue weighted by Gasteiger charge is -2.22. The number of aliphatic hydroxyl groups excluding tert-OH is 1. The molecule has 0 amide bonds. The Kier molecular flexibility index (Phi) is 4.37. The number of hydrogen-bond donors (Lipinski definition) is 1. The highest BCUT2D eigenvalue weighted by Gasteiger charge is 2.26. The minimum absolute atomic E-state index is 0.0398. The number of ether oxygens (including phenoxy) is 1. The molecule has 5 heteroatoms. The van der Waals surface area contributed by atoms with E-state index in [9.17, 15) is 15.2 Å². The minimum Gasteiger partial charge on any atom is -0.481 e. The van der Waals surface area contributed by atoms with Gasteiger partial charge in [-0.3, -0.25) is 10.1 Å². The van der Waals surface area contributed by atoms with Gasteiger partial charge in [-0.2, -0.15) is 0 Å². The summed E-state index contributed by atoms with van der Waals surface area (Å²) in [5, 5.41) is 21.0. The molecule has 0 heterocycles. The van der Waals surface area contributed by atoms with Gasteiger partial charge in [-0.25, -0.2) is 0 Å². The van der Waals surface area contributed by atoms with E-state index < -0.39 is 11.0 Å². The van der Waals surface area contributed by atoms with E-state index in [2.05, 4.69) is 0 Å². The van der Waals surface area contributed by atoms with Crippen LogP contribution in [0.2, 0.25) is 0 Å². The fourth-order valence-corrected chi connectivity index (χ4v) is 2.42. The Morgan fingerprint density at radius 3 is 2.79 bits per heavy atom. The predicted molar refractivity (Wildman–Crippen MR) is 71.3 cm³/mol. The van der Waals surface area contributed by atoms with Gasteiger partial charge < -0.3 is 9.84 Å². The minimum atomic E-state index is -0.539. The van der Waals surface area contributed by atoms with Crippen molar-refractivity contribution in [3.05, 3.63) is 33.9 Å². The van der Waals surface area contributed by atoms with Crippen molar-refractivity contribution in [1.82, 2.24) is 0 Å². The topological polar surface area (TPSA) is 72.6 Å². The van der Waals surface area contributed by atoms with Crippen LogP contribution in [0.1, 0.15) is 37.7 Å². The van der Waals surface area contributed by atoms with Crippen LogP contribution in [0.5, 0.6) is 5.75 Å². The molecular weight excluding hydrogens is 246 g/mol. The van der Waals surface area contributed by atoms with E-state index in [-0.39, 0.29) is 17.5 Å². The lowest BCUT2D eigenvalue weighted by molar-refractivity contribution is -0.386. The van der Waals surface area contributed by atoms with Crippen LogP contribution in [0.3, 0.4) is 0 Å². The van der Waals surface area contributed by atoms with Crippen molar-refractivity contribution in [2.75, 3.05) is 0 Å². The zero-order chi connectivity index (χ0) is 13.8. The first-order chi connectivity index (χ1) is 9.08. The van der Waals surface area contributed by atoms with Gasteiger partial charge in [-0.1, -0.05) is 18.9 Å². The summed E-state index contributed by atoms with van der Waals surface area (Å²) in [5.74, 6) is 0.260. The molecule has 1 aliphatic rings. The maximum absolute atomic E-state index is 11.0. The third kappa shape index (κ3) is 3.44. The van der Waals surface area contributed by atoms with Crippen LogP contribution in [-0.2, 0) is 0 Å². The van der Waals surface area contributed by atoms with Crippen LogP contribution in [0.15, 0.2) is 18.2 Å². The van der Waals surface area contributed by atoms with Gasteiger partial charge in [0.05, 0.1) is 11.0 Å². The zero-order valence-electron chi connectivity index (χ0n) is 11.0. The van der Waals surface area contributed by atoms with Crippen LogP contribution in [-0.4, -0.2) is 22.2 Å². The normalized spacial score (nSPS) is 23.7. The Labute approximate surface area is 112 Å². The van der Waals surface area contributed by atoms with E-state index in [1.165, 1.54) is 6.07 Å². The molecule has 0 saturated heterocycles. The van der Waals surface area contributed by atoms with E-state index in [0.29, 0.717) is 6.42 Å². The highest BCUT2D eigenvalue weighted by molar-refractivity contribution is 5.48. The van der Waals surface area contributed by atoms with Crippen LogP contribution in [0.4, 0.5) is 5.69 Å². The van der Waals surface area contributed by atoms with Crippen molar-refractivity contribution < 1.29 is 14.8 Å². The number of nitro benzene ring substituents is 1. The summed E-state index contributed by atoms with van der Waals surface area (Å²) in [7, 11) is 0. The largest absolute Gasteiger partial charge is 0.481 e. The smallest absolute Gasteiger partial charge is 0.310 e. The molecule has 19 heavy (non-hydrogen) atoms. The summed E-state index contributed by atoms with van der Waals surface area (Å²) in [6.07, 6.45) is 3.60. The molecular formula is C14H19NO4. The average Bonchev–Trinajstić information content (AvgIpc) is 2.55. The maximum atomic E-state index is 11.0. The molecule has 1 aromatic carbocycles. The molecule has 1 aliphatic carbocycles. The molecule has 1 fully saturated rings. The first-order valence-electron chi connectivity index (χ1n) is 6.67. The van der Waals surface area contributed by atoms with Crippen LogP contribution >= 0.6 is 0 Å². The monoisotopic (exact) mass is 265 g/mol. The first-order valence-corrected chi connectivity index (χ1v) is 6.67. The van der Waals surface area contributed by atoms with Crippen LogP contribution in [0.25, 0.3) is 0 Å². The quantitative estimate of drug-likeness (QED) is 0.518.